The Kier molecular flexibility index (Phi) is 13.2. The number of fused-ring (bicyclic) bond motifs is 1. The van der Waals surface area contributed by atoms with Crippen molar-refractivity contribution < 1.29 is 42.1 Å². The summed E-state index contributed by atoms with van der Waals surface area (Å²) in [5.74, 6) is -1.49. The predicted molar refractivity (Wildman–Crippen MR) is 164 cm³/mol. The van der Waals surface area contributed by atoms with Gasteiger partial charge in [-0.05, 0) is 63.4 Å². The number of rotatable bonds is 8. The summed E-state index contributed by atoms with van der Waals surface area (Å²) in [6, 6.07) is 12.7. The van der Waals surface area contributed by atoms with Crippen molar-refractivity contribution in [1.29, 1.82) is 0 Å². The Morgan fingerprint density at radius 3 is 2.51 bits per heavy atom. The molecule has 0 unspecified atom stereocenters. The Balaban J connectivity index is 1.91. The second-order valence-electron chi connectivity index (χ2n) is 11.7. The predicted octanol–water partition coefficient (Wildman–Crippen LogP) is 5.54. The number of nitrogens with one attached hydrogen (secondary N) is 1. The van der Waals surface area contributed by atoms with Crippen molar-refractivity contribution in [1.82, 2.24) is 9.80 Å². The van der Waals surface area contributed by atoms with Crippen LogP contribution in [0.2, 0.25) is 0 Å². The Labute approximate surface area is 262 Å². The maximum absolute atomic E-state index is 14.1. The fraction of sp³-hybridized carbons (Fsp3) is 0.545. The van der Waals surface area contributed by atoms with E-state index >= 15 is 0 Å². The van der Waals surface area contributed by atoms with E-state index < -0.39 is 43.0 Å². The molecule has 0 bridgehead atoms. The van der Waals surface area contributed by atoms with Gasteiger partial charge in [-0.25, -0.2) is 0 Å². The van der Waals surface area contributed by atoms with Crippen molar-refractivity contribution >= 4 is 23.4 Å². The fourth-order valence-electron chi connectivity index (χ4n) is 5.10. The molecule has 248 valence electrons. The Bertz CT molecular complexity index is 1280. The van der Waals surface area contributed by atoms with Crippen LogP contribution in [0.1, 0.15) is 73.6 Å². The number of halogens is 3. The molecule has 0 radical (unpaired) electrons. The van der Waals surface area contributed by atoms with Gasteiger partial charge in [-0.1, -0.05) is 25.1 Å². The first-order valence-corrected chi connectivity index (χ1v) is 15.3. The molecule has 12 heteroatoms. The Morgan fingerprint density at radius 2 is 1.84 bits per heavy atom. The highest BCUT2D eigenvalue weighted by Crippen LogP contribution is 2.29. The molecule has 0 aliphatic carbocycles. The molecule has 45 heavy (non-hydrogen) atoms. The van der Waals surface area contributed by atoms with Crippen LogP contribution in [0.4, 0.5) is 18.9 Å². The number of ether oxygens (including phenoxy) is 2. The van der Waals surface area contributed by atoms with Gasteiger partial charge in [0, 0.05) is 50.3 Å². The molecule has 0 fully saturated rings. The number of carbonyl (C=O) groups is 3. The number of nitrogens with zero attached hydrogens (tertiary/aromatic N) is 2. The molecule has 2 aromatic rings. The third-order valence-electron chi connectivity index (χ3n) is 7.79. The van der Waals surface area contributed by atoms with Crippen LogP contribution in [0.15, 0.2) is 48.5 Å². The van der Waals surface area contributed by atoms with E-state index in [0.717, 1.165) is 12.8 Å². The standard InChI is InChI=1S/C33H44F3N3O6/c1-22-19-39(23(2)21-40)32(43)27-18-26(37-30(41)15-16-33(34,35)36)13-14-28(27)45-24(3)10-8-9-17-44-29(22)20-38(4)31(42)25-11-6-5-7-12-25/h5-7,11-14,18,22-24,29,40H,8-10,15-17,19-21H2,1-4H3,(H,37,41)/t22-,23-,24-,29+/m0/s1. The van der Waals surface area contributed by atoms with Crippen LogP contribution in [0.25, 0.3) is 0 Å². The molecule has 0 spiro atoms. The highest BCUT2D eigenvalue weighted by atomic mass is 19.4. The molecule has 0 saturated heterocycles. The van der Waals surface area contributed by atoms with Crippen LogP contribution in [-0.4, -0.2) is 90.4 Å². The van der Waals surface area contributed by atoms with Crippen molar-refractivity contribution in [3.8, 4) is 5.75 Å². The van der Waals surface area contributed by atoms with Crippen LogP contribution < -0.4 is 10.1 Å². The van der Waals surface area contributed by atoms with E-state index in [1.165, 1.54) is 23.1 Å². The number of anilines is 1. The second kappa shape index (κ2) is 16.6. The van der Waals surface area contributed by atoms with Gasteiger partial charge >= 0.3 is 6.18 Å². The minimum absolute atomic E-state index is 0.105. The lowest BCUT2D eigenvalue weighted by Gasteiger charge is -2.36. The van der Waals surface area contributed by atoms with Crippen LogP contribution in [-0.2, 0) is 9.53 Å². The van der Waals surface area contributed by atoms with Crippen molar-refractivity contribution in [2.75, 3.05) is 38.7 Å². The summed E-state index contributed by atoms with van der Waals surface area (Å²) in [5.41, 5.74) is 0.804. The first-order chi connectivity index (χ1) is 21.3. The number of hydrogen-bond donors (Lipinski definition) is 2. The van der Waals surface area contributed by atoms with E-state index in [1.807, 2.05) is 19.9 Å². The molecule has 3 amide bonds. The second-order valence-corrected chi connectivity index (χ2v) is 11.7. The zero-order valence-electron chi connectivity index (χ0n) is 26.3. The molecule has 2 aromatic carbocycles. The van der Waals surface area contributed by atoms with Crippen molar-refractivity contribution in [3.63, 3.8) is 0 Å². The largest absolute Gasteiger partial charge is 0.490 e. The molecular weight excluding hydrogens is 591 g/mol. The molecule has 9 nitrogen and oxygen atoms in total. The van der Waals surface area contributed by atoms with E-state index in [0.29, 0.717) is 18.6 Å². The summed E-state index contributed by atoms with van der Waals surface area (Å²) in [6.07, 6.45) is -5.01. The topological polar surface area (TPSA) is 108 Å². The van der Waals surface area contributed by atoms with Gasteiger partial charge in [0.2, 0.25) is 5.91 Å². The monoisotopic (exact) mass is 635 g/mol. The minimum Gasteiger partial charge on any atom is -0.490 e. The van der Waals surface area contributed by atoms with Gasteiger partial charge < -0.3 is 29.7 Å². The van der Waals surface area contributed by atoms with Gasteiger partial charge in [0.25, 0.3) is 11.8 Å². The third kappa shape index (κ3) is 11.0. The van der Waals surface area contributed by atoms with Crippen LogP contribution in [0.5, 0.6) is 5.75 Å². The molecule has 1 aliphatic rings. The fourth-order valence-corrected chi connectivity index (χ4v) is 5.10. The lowest BCUT2D eigenvalue weighted by molar-refractivity contribution is -0.142. The van der Waals surface area contributed by atoms with Gasteiger partial charge in [-0.3, -0.25) is 14.4 Å². The highest BCUT2D eigenvalue weighted by molar-refractivity contribution is 5.99. The number of benzene rings is 2. The minimum atomic E-state index is -4.47. The van der Waals surface area contributed by atoms with Crippen LogP contribution in [0, 0.1) is 5.92 Å². The number of hydrogen-bond acceptors (Lipinski definition) is 6. The lowest BCUT2D eigenvalue weighted by atomic mass is 10.0. The molecule has 1 aliphatic heterocycles. The van der Waals surface area contributed by atoms with Gasteiger partial charge in [0.1, 0.15) is 5.75 Å². The van der Waals surface area contributed by atoms with E-state index in [4.69, 9.17) is 9.47 Å². The Morgan fingerprint density at radius 1 is 1.13 bits per heavy atom. The molecular formula is C33H44F3N3O6. The van der Waals surface area contributed by atoms with E-state index in [2.05, 4.69) is 5.32 Å². The van der Waals surface area contributed by atoms with Crippen LogP contribution >= 0.6 is 0 Å². The number of alkyl halides is 3. The van der Waals surface area contributed by atoms with Crippen molar-refractivity contribution in [3.05, 3.63) is 59.7 Å². The van der Waals surface area contributed by atoms with Gasteiger partial charge in [-0.15, -0.1) is 0 Å². The average molecular weight is 636 g/mol. The first-order valence-electron chi connectivity index (χ1n) is 15.3. The highest BCUT2D eigenvalue weighted by Gasteiger charge is 2.32. The average Bonchev–Trinajstić information content (AvgIpc) is 3.01. The maximum Gasteiger partial charge on any atom is 0.389 e. The normalized spacial score (nSPS) is 20.8. The van der Waals surface area contributed by atoms with Crippen LogP contribution in [0.3, 0.4) is 0 Å². The molecule has 0 saturated carbocycles. The zero-order chi connectivity index (χ0) is 33.1. The Hall–Kier alpha value is -3.64. The van der Waals surface area contributed by atoms with E-state index in [1.54, 1.807) is 43.1 Å². The van der Waals surface area contributed by atoms with E-state index in [9.17, 15) is 32.7 Å². The summed E-state index contributed by atoms with van der Waals surface area (Å²) < 4.78 is 50.4. The summed E-state index contributed by atoms with van der Waals surface area (Å²) in [5, 5.41) is 12.6. The lowest BCUT2D eigenvalue weighted by Crippen LogP contribution is -2.48. The zero-order valence-corrected chi connectivity index (χ0v) is 26.3. The van der Waals surface area contributed by atoms with Crippen molar-refractivity contribution in [2.45, 2.75) is 77.3 Å². The molecule has 2 N–H and O–H groups in total. The SMILES string of the molecule is C[C@H]1CCCCO[C@H](CN(C)C(=O)c2ccccc2)[C@@H](C)CN([C@@H](C)CO)C(=O)c2cc(NC(=O)CCC(F)(F)F)ccc2O1. The third-order valence-corrected chi connectivity index (χ3v) is 7.79. The molecule has 0 aromatic heterocycles. The number of carbonyl (C=O) groups excluding carboxylic acids is 3. The van der Waals surface area contributed by atoms with E-state index in [-0.39, 0.29) is 54.6 Å². The van der Waals surface area contributed by atoms with Gasteiger partial charge in [0.05, 0.1) is 36.8 Å². The number of aliphatic hydroxyl groups is 1. The number of amides is 3. The smallest absolute Gasteiger partial charge is 0.389 e. The first kappa shape index (κ1) is 35.8. The number of aliphatic hydroxyl groups excluding tert-OH is 1. The molecule has 3 rings (SSSR count). The molecule has 4 atom stereocenters. The summed E-state index contributed by atoms with van der Waals surface area (Å²) in [4.78, 5) is 42.6. The van der Waals surface area contributed by atoms with Gasteiger partial charge in [-0.2, -0.15) is 13.2 Å². The van der Waals surface area contributed by atoms with Crippen molar-refractivity contribution in [2.24, 2.45) is 5.92 Å². The number of likely N-dealkylation sites (N-methyl/N-ethyl adjacent to an activating group) is 1. The molecule has 1 heterocycles. The maximum atomic E-state index is 14.1. The quantitative estimate of drug-likeness (QED) is 0.395. The summed E-state index contributed by atoms with van der Waals surface area (Å²) in [6.45, 7) is 6.03. The summed E-state index contributed by atoms with van der Waals surface area (Å²) >= 11 is 0. The summed E-state index contributed by atoms with van der Waals surface area (Å²) in [7, 11) is 1.70. The van der Waals surface area contributed by atoms with Gasteiger partial charge in [0.15, 0.2) is 0 Å².